The van der Waals surface area contributed by atoms with E-state index in [2.05, 4.69) is 15.3 Å². The lowest BCUT2D eigenvalue weighted by atomic mass is 10.0. The van der Waals surface area contributed by atoms with E-state index in [0.717, 1.165) is 0 Å². The number of anilines is 2. The molecular weight excluding hydrogens is 455 g/mol. The summed E-state index contributed by atoms with van der Waals surface area (Å²) in [7, 11) is 0. The van der Waals surface area contributed by atoms with Gasteiger partial charge in [-0.15, -0.1) is 0 Å². The van der Waals surface area contributed by atoms with Crippen molar-refractivity contribution in [1.82, 2.24) is 14.9 Å². The predicted octanol–water partition coefficient (Wildman–Crippen LogP) is 3.73. The molecule has 1 spiro atoms. The van der Waals surface area contributed by atoms with E-state index in [1.165, 1.54) is 18.3 Å². The maximum atomic E-state index is 13.8. The minimum absolute atomic E-state index is 0.159. The first-order chi connectivity index (χ1) is 17.1. The van der Waals surface area contributed by atoms with E-state index in [-0.39, 0.29) is 18.5 Å². The van der Waals surface area contributed by atoms with E-state index in [1.54, 1.807) is 29.2 Å². The number of carbonyl (C=O) groups excluding carboxylic acids is 1. The number of ether oxygens (including phenoxy) is 4. The first-order valence-corrected chi connectivity index (χ1v) is 11.5. The van der Waals surface area contributed by atoms with E-state index in [9.17, 15) is 9.18 Å². The largest absolute Gasteiger partial charge is 0.454 e. The first-order valence-electron chi connectivity index (χ1n) is 11.5. The summed E-state index contributed by atoms with van der Waals surface area (Å²) >= 11 is 0. The summed E-state index contributed by atoms with van der Waals surface area (Å²) in [4.78, 5) is 24.3. The first kappa shape index (κ1) is 21.8. The Hall–Kier alpha value is -3.76. The average Bonchev–Trinajstić information content (AvgIpc) is 3.53. The van der Waals surface area contributed by atoms with Crippen molar-refractivity contribution < 1.29 is 28.1 Å². The van der Waals surface area contributed by atoms with Gasteiger partial charge in [0.15, 0.2) is 23.1 Å². The Morgan fingerprint density at radius 1 is 1.03 bits per heavy atom. The number of rotatable bonds is 4. The van der Waals surface area contributed by atoms with Gasteiger partial charge in [-0.3, -0.25) is 4.79 Å². The molecule has 0 aliphatic carbocycles. The van der Waals surface area contributed by atoms with Gasteiger partial charge in [0.05, 0.1) is 13.2 Å². The summed E-state index contributed by atoms with van der Waals surface area (Å²) in [5, 5.41) is 3.10. The molecule has 3 aliphatic heterocycles. The molecule has 1 aromatic heterocycles. The van der Waals surface area contributed by atoms with Crippen LogP contribution < -0.4 is 14.8 Å². The van der Waals surface area contributed by atoms with Gasteiger partial charge >= 0.3 is 0 Å². The fraction of sp³-hybridized carbons (Fsp3) is 0.320. The van der Waals surface area contributed by atoms with Crippen molar-refractivity contribution in [3.63, 3.8) is 0 Å². The molecule has 3 aliphatic rings. The average molecular weight is 478 g/mol. The molecular formula is C25H23FN4O5. The van der Waals surface area contributed by atoms with Gasteiger partial charge in [-0.25, -0.2) is 14.4 Å². The van der Waals surface area contributed by atoms with E-state index in [0.29, 0.717) is 73.3 Å². The van der Waals surface area contributed by atoms with Crippen molar-refractivity contribution >= 4 is 17.4 Å². The van der Waals surface area contributed by atoms with Crippen LogP contribution in [0.25, 0.3) is 11.4 Å². The Morgan fingerprint density at radius 3 is 2.63 bits per heavy atom. The van der Waals surface area contributed by atoms with Gasteiger partial charge in [0.2, 0.25) is 6.79 Å². The predicted molar refractivity (Wildman–Crippen MR) is 123 cm³/mol. The van der Waals surface area contributed by atoms with Crippen LogP contribution in [0.5, 0.6) is 11.5 Å². The van der Waals surface area contributed by atoms with Gasteiger partial charge in [0.25, 0.3) is 5.91 Å². The Morgan fingerprint density at radius 2 is 1.83 bits per heavy atom. The second-order valence-electron chi connectivity index (χ2n) is 8.56. The number of nitrogens with zero attached hydrogens (tertiary/aromatic N) is 3. The number of carbonyl (C=O) groups is 1. The van der Waals surface area contributed by atoms with E-state index in [4.69, 9.17) is 18.9 Å². The highest BCUT2D eigenvalue weighted by atomic mass is 19.1. The molecule has 0 atom stereocenters. The van der Waals surface area contributed by atoms with Crippen LogP contribution in [0.3, 0.4) is 0 Å². The molecule has 3 aromatic rings. The summed E-state index contributed by atoms with van der Waals surface area (Å²) in [6, 6.07) is 11.4. The van der Waals surface area contributed by atoms with Crippen LogP contribution in [0.4, 0.5) is 15.9 Å². The highest BCUT2D eigenvalue weighted by molar-refractivity contribution is 5.99. The molecule has 35 heavy (non-hydrogen) atoms. The highest BCUT2D eigenvalue weighted by Gasteiger charge is 2.41. The van der Waals surface area contributed by atoms with Gasteiger partial charge in [-0.2, -0.15) is 0 Å². The van der Waals surface area contributed by atoms with Crippen molar-refractivity contribution in [2.75, 3.05) is 38.4 Å². The number of aromatic nitrogens is 2. The van der Waals surface area contributed by atoms with Crippen LogP contribution in [0, 0.1) is 5.82 Å². The van der Waals surface area contributed by atoms with Crippen molar-refractivity contribution in [2.24, 2.45) is 0 Å². The summed E-state index contributed by atoms with van der Waals surface area (Å²) < 4.78 is 36.2. The van der Waals surface area contributed by atoms with E-state index in [1.807, 2.05) is 6.07 Å². The van der Waals surface area contributed by atoms with Crippen LogP contribution in [0.15, 0.2) is 48.7 Å². The molecule has 1 amide bonds. The van der Waals surface area contributed by atoms with Crippen LogP contribution in [-0.4, -0.2) is 59.7 Å². The van der Waals surface area contributed by atoms with Gasteiger partial charge in [-0.1, -0.05) is 6.07 Å². The van der Waals surface area contributed by atoms with Crippen molar-refractivity contribution in [2.45, 2.75) is 18.6 Å². The van der Waals surface area contributed by atoms with Gasteiger partial charge in [0, 0.05) is 43.4 Å². The van der Waals surface area contributed by atoms with Crippen LogP contribution in [0.2, 0.25) is 0 Å². The SMILES string of the molecule is O=C(c1cnc(-c2ccc3c(c2)OCO3)nc1Nc1cccc(F)c1)N1CCC2(CC1)OCCO2. The number of halogens is 1. The third kappa shape index (κ3) is 4.26. The second kappa shape index (κ2) is 8.79. The Balaban J connectivity index is 1.31. The number of likely N-dealkylation sites (tertiary alicyclic amines) is 1. The Bertz CT molecular complexity index is 1270. The van der Waals surface area contributed by atoms with Crippen molar-refractivity contribution in [3.8, 4) is 22.9 Å². The monoisotopic (exact) mass is 478 g/mol. The van der Waals surface area contributed by atoms with Crippen LogP contribution in [0.1, 0.15) is 23.2 Å². The Kier molecular flexibility index (Phi) is 5.46. The van der Waals surface area contributed by atoms with Crippen molar-refractivity contribution in [1.29, 1.82) is 0 Å². The maximum absolute atomic E-state index is 13.8. The van der Waals surface area contributed by atoms with Gasteiger partial charge in [-0.05, 0) is 36.4 Å². The number of fused-ring (bicyclic) bond motifs is 1. The summed E-state index contributed by atoms with van der Waals surface area (Å²) in [6.07, 6.45) is 2.70. The molecule has 0 saturated carbocycles. The highest BCUT2D eigenvalue weighted by Crippen LogP contribution is 2.36. The summed E-state index contributed by atoms with van der Waals surface area (Å²) in [6.45, 7) is 2.28. The minimum Gasteiger partial charge on any atom is -0.454 e. The Labute approximate surface area is 200 Å². The molecule has 0 radical (unpaired) electrons. The lowest BCUT2D eigenvalue weighted by molar-refractivity contribution is -0.181. The number of nitrogens with one attached hydrogen (secondary N) is 1. The van der Waals surface area contributed by atoms with Crippen LogP contribution >= 0.6 is 0 Å². The third-order valence-corrected chi connectivity index (χ3v) is 6.36. The third-order valence-electron chi connectivity index (χ3n) is 6.36. The number of hydrogen-bond acceptors (Lipinski definition) is 8. The van der Waals surface area contributed by atoms with Crippen molar-refractivity contribution in [3.05, 3.63) is 60.0 Å². The lowest BCUT2D eigenvalue weighted by Gasteiger charge is -2.37. The fourth-order valence-electron chi connectivity index (χ4n) is 4.52. The normalized spacial score (nSPS) is 18.1. The zero-order valence-electron chi connectivity index (χ0n) is 18.8. The summed E-state index contributed by atoms with van der Waals surface area (Å²) in [5.74, 6) is 0.737. The zero-order chi connectivity index (χ0) is 23.8. The molecule has 2 aromatic carbocycles. The summed E-state index contributed by atoms with van der Waals surface area (Å²) in [5.41, 5.74) is 1.47. The molecule has 4 heterocycles. The molecule has 6 rings (SSSR count). The number of piperidine rings is 1. The number of hydrogen-bond donors (Lipinski definition) is 1. The molecule has 10 heteroatoms. The number of amides is 1. The quantitative estimate of drug-likeness (QED) is 0.606. The molecule has 0 unspecified atom stereocenters. The zero-order valence-corrected chi connectivity index (χ0v) is 18.8. The lowest BCUT2D eigenvalue weighted by Crippen LogP contribution is -2.47. The molecule has 2 fully saturated rings. The van der Waals surface area contributed by atoms with E-state index >= 15 is 0 Å². The maximum Gasteiger partial charge on any atom is 0.259 e. The topological polar surface area (TPSA) is 95.0 Å². The fourth-order valence-corrected chi connectivity index (χ4v) is 4.52. The van der Waals surface area contributed by atoms with Gasteiger partial charge < -0.3 is 29.2 Å². The molecule has 0 bridgehead atoms. The van der Waals surface area contributed by atoms with E-state index < -0.39 is 11.6 Å². The second-order valence-corrected chi connectivity index (χ2v) is 8.56. The standard InChI is InChI=1S/C25H23FN4O5/c26-17-2-1-3-18(13-17)28-23-19(24(31)30-8-6-25(7-9-30)34-10-11-35-25)14-27-22(29-23)16-4-5-20-21(12-16)33-15-32-20/h1-5,12-14H,6-11,15H2,(H,27,28,29). The number of benzene rings is 2. The van der Waals surface area contributed by atoms with Crippen LogP contribution in [-0.2, 0) is 9.47 Å². The molecule has 9 nitrogen and oxygen atoms in total. The van der Waals surface area contributed by atoms with Gasteiger partial charge in [0.1, 0.15) is 17.2 Å². The smallest absolute Gasteiger partial charge is 0.259 e. The molecule has 2 saturated heterocycles. The molecule has 1 N–H and O–H groups in total. The molecule has 180 valence electrons. The minimum atomic E-state index is -0.584.